The summed E-state index contributed by atoms with van der Waals surface area (Å²) < 4.78 is 24.3. The number of fused-ring (bicyclic) bond motifs is 1. The molecule has 0 amide bonds. The number of benzene rings is 3. The summed E-state index contributed by atoms with van der Waals surface area (Å²) in [7, 11) is 1.58. The number of aromatic nitrogens is 3. The minimum Gasteiger partial charge on any atom is -0.494 e. The molecule has 0 N–H and O–H groups in total. The molecule has 0 saturated carbocycles. The van der Waals surface area contributed by atoms with Crippen LogP contribution in [-0.2, 0) is 11.4 Å². The number of hydrogen-bond acceptors (Lipinski definition) is 8. The van der Waals surface area contributed by atoms with E-state index in [1.807, 2.05) is 54.6 Å². The Balaban J connectivity index is 1.56. The predicted molar refractivity (Wildman–Crippen MR) is 131 cm³/mol. The molecule has 36 heavy (non-hydrogen) atoms. The third-order valence-electron chi connectivity index (χ3n) is 5.37. The second kappa shape index (κ2) is 9.75. The van der Waals surface area contributed by atoms with Crippen LogP contribution in [0.25, 0.3) is 28.0 Å². The standard InChI is InChI=1S/C27H21N3O6/c1-17(31)35-22-13-8-14-23-24(22)25(32)27(26(36-23)18-9-4-3-5-10-18)34-16-19-15-30(29-28-19)20-11-6-7-12-21(20)33-2/h3-15H,16H2,1-2H3. The first-order chi connectivity index (χ1) is 17.5. The summed E-state index contributed by atoms with van der Waals surface area (Å²) in [5.41, 5.74) is 1.64. The molecule has 0 unspecified atom stereocenters. The van der Waals surface area contributed by atoms with Crippen LogP contribution >= 0.6 is 0 Å². The number of carbonyl (C=O) groups is 1. The summed E-state index contributed by atoms with van der Waals surface area (Å²) in [6, 6.07) is 21.3. The molecule has 0 spiro atoms. The van der Waals surface area contributed by atoms with Crippen molar-refractivity contribution in [3.8, 4) is 34.3 Å². The van der Waals surface area contributed by atoms with Gasteiger partial charge < -0.3 is 18.6 Å². The van der Waals surface area contributed by atoms with E-state index < -0.39 is 11.4 Å². The van der Waals surface area contributed by atoms with Gasteiger partial charge in [0.2, 0.25) is 11.2 Å². The van der Waals surface area contributed by atoms with E-state index in [-0.39, 0.29) is 34.8 Å². The fraction of sp³-hybridized carbons (Fsp3) is 0.111. The van der Waals surface area contributed by atoms with Crippen molar-refractivity contribution in [2.45, 2.75) is 13.5 Å². The smallest absolute Gasteiger partial charge is 0.308 e. The van der Waals surface area contributed by atoms with Crippen molar-refractivity contribution in [1.29, 1.82) is 0 Å². The van der Waals surface area contributed by atoms with Crippen molar-refractivity contribution >= 4 is 16.9 Å². The summed E-state index contributed by atoms with van der Waals surface area (Å²) in [5, 5.41) is 8.43. The van der Waals surface area contributed by atoms with Gasteiger partial charge in [0, 0.05) is 12.5 Å². The molecule has 0 saturated heterocycles. The van der Waals surface area contributed by atoms with Crippen molar-refractivity contribution in [3.05, 3.63) is 94.9 Å². The molecule has 5 aromatic rings. The highest BCUT2D eigenvalue weighted by Gasteiger charge is 2.21. The first-order valence-electron chi connectivity index (χ1n) is 11.1. The van der Waals surface area contributed by atoms with Crippen LogP contribution in [0.4, 0.5) is 0 Å². The number of para-hydroxylation sites is 2. The molecule has 0 aliphatic heterocycles. The van der Waals surface area contributed by atoms with Crippen LogP contribution in [0.3, 0.4) is 0 Å². The minimum atomic E-state index is -0.551. The van der Waals surface area contributed by atoms with Gasteiger partial charge in [-0.1, -0.05) is 53.7 Å². The Labute approximate surface area is 205 Å². The van der Waals surface area contributed by atoms with E-state index in [0.717, 1.165) is 0 Å². The molecular formula is C27H21N3O6. The summed E-state index contributed by atoms with van der Waals surface area (Å²) in [6.07, 6.45) is 1.69. The van der Waals surface area contributed by atoms with Gasteiger partial charge in [-0.15, -0.1) is 5.10 Å². The fourth-order valence-electron chi connectivity index (χ4n) is 3.79. The highest BCUT2D eigenvalue weighted by atomic mass is 16.5. The van der Waals surface area contributed by atoms with E-state index >= 15 is 0 Å². The van der Waals surface area contributed by atoms with E-state index in [4.69, 9.17) is 18.6 Å². The molecule has 0 aliphatic rings. The van der Waals surface area contributed by atoms with E-state index in [9.17, 15) is 9.59 Å². The molecule has 0 bridgehead atoms. The maximum atomic E-state index is 13.6. The lowest BCUT2D eigenvalue weighted by Gasteiger charge is -2.12. The van der Waals surface area contributed by atoms with Gasteiger partial charge in [-0.3, -0.25) is 9.59 Å². The monoisotopic (exact) mass is 483 g/mol. The van der Waals surface area contributed by atoms with Gasteiger partial charge in [0.05, 0.1) is 13.3 Å². The number of rotatable bonds is 7. The fourth-order valence-corrected chi connectivity index (χ4v) is 3.79. The third kappa shape index (κ3) is 4.41. The Morgan fingerprint density at radius 2 is 1.72 bits per heavy atom. The summed E-state index contributed by atoms with van der Waals surface area (Å²) >= 11 is 0. The maximum absolute atomic E-state index is 13.6. The molecule has 3 aromatic carbocycles. The van der Waals surface area contributed by atoms with E-state index in [1.165, 1.54) is 13.0 Å². The van der Waals surface area contributed by atoms with Crippen LogP contribution < -0.4 is 19.6 Å². The van der Waals surface area contributed by atoms with Crippen LogP contribution in [0.15, 0.2) is 88.2 Å². The third-order valence-corrected chi connectivity index (χ3v) is 5.37. The quantitative estimate of drug-likeness (QED) is 0.245. The Kier molecular flexibility index (Phi) is 6.19. The molecule has 2 heterocycles. The van der Waals surface area contributed by atoms with Crippen LogP contribution in [0, 0.1) is 0 Å². The van der Waals surface area contributed by atoms with Crippen LogP contribution in [0.5, 0.6) is 17.2 Å². The predicted octanol–water partition coefficient (Wildman–Crippen LogP) is 4.55. The summed E-state index contributed by atoms with van der Waals surface area (Å²) in [5.74, 6) is 0.407. The lowest BCUT2D eigenvalue weighted by molar-refractivity contribution is -0.131. The maximum Gasteiger partial charge on any atom is 0.308 e. The van der Waals surface area contributed by atoms with Gasteiger partial charge in [-0.05, 0) is 24.3 Å². The van der Waals surface area contributed by atoms with Gasteiger partial charge in [-0.25, -0.2) is 4.68 Å². The largest absolute Gasteiger partial charge is 0.494 e. The Bertz CT molecular complexity index is 1610. The van der Waals surface area contributed by atoms with Crippen molar-refractivity contribution in [2.75, 3.05) is 7.11 Å². The highest BCUT2D eigenvalue weighted by Crippen LogP contribution is 2.34. The van der Waals surface area contributed by atoms with Gasteiger partial charge in [-0.2, -0.15) is 0 Å². The van der Waals surface area contributed by atoms with Gasteiger partial charge in [0.1, 0.15) is 40.5 Å². The molecule has 9 nitrogen and oxygen atoms in total. The molecule has 180 valence electrons. The number of ether oxygens (including phenoxy) is 3. The minimum absolute atomic E-state index is 0.0276. The normalized spacial score (nSPS) is 10.8. The first kappa shape index (κ1) is 22.9. The Morgan fingerprint density at radius 1 is 0.972 bits per heavy atom. The molecule has 0 fully saturated rings. The first-order valence-corrected chi connectivity index (χ1v) is 11.1. The lowest BCUT2D eigenvalue weighted by Crippen LogP contribution is -2.12. The molecule has 0 aliphatic carbocycles. The van der Waals surface area contributed by atoms with E-state index in [2.05, 4.69) is 10.3 Å². The number of carbonyl (C=O) groups excluding carboxylic acids is 1. The average molecular weight is 483 g/mol. The average Bonchev–Trinajstić information content (AvgIpc) is 3.37. The van der Waals surface area contributed by atoms with E-state index in [0.29, 0.717) is 22.7 Å². The van der Waals surface area contributed by atoms with Crippen LogP contribution in [0.2, 0.25) is 0 Å². The van der Waals surface area contributed by atoms with Gasteiger partial charge in [0.25, 0.3) is 0 Å². The number of nitrogens with zero attached hydrogens (tertiary/aromatic N) is 3. The van der Waals surface area contributed by atoms with Crippen LogP contribution in [0.1, 0.15) is 12.6 Å². The van der Waals surface area contributed by atoms with Gasteiger partial charge >= 0.3 is 5.97 Å². The number of esters is 1. The lowest BCUT2D eigenvalue weighted by atomic mass is 10.1. The highest BCUT2D eigenvalue weighted by molar-refractivity contribution is 5.89. The van der Waals surface area contributed by atoms with Crippen molar-refractivity contribution in [1.82, 2.24) is 15.0 Å². The molecule has 5 rings (SSSR count). The second-order valence-corrected chi connectivity index (χ2v) is 7.79. The zero-order valence-electron chi connectivity index (χ0n) is 19.5. The molecule has 2 aromatic heterocycles. The summed E-state index contributed by atoms with van der Waals surface area (Å²) in [6.45, 7) is 1.21. The number of methoxy groups -OCH3 is 1. The molecular weight excluding hydrogens is 462 g/mol. The molecule has 9 heteroatoms. The summed E-state index contributed by atoms with van der Waals surface area (Å²) in [4.78, 5) is 25.2. The van der Waals surface area contributed by atoms with Crippen LogP contribution in [-0.4, -0.2) is 28.1 Å². The zero-order valence-corrected chi connectivity index (χ0v) is 19.5. The van der Waals surface area contributed by atoms with Crippen molar-refractivity contribution in [2.24, 2.45) is 0 Å². The molecule has 0 radical (unpaired) electrons. The Hall–Kier alpha value is -4.92. The topological polar surface area (TPSA) is 106 Å². The second-order valence-electron chi connectivity index (χ2n) is 7.79. The van der Waals surface area contributed by atoms with Gasteiger partial charge in [0.15, 0.2) is 5.76 Å². The zero-order chi connectivity index (χ0) is 25.1. The van der Waals surface area contributed by atoms with Crippen molar-refractivity contribution in [3.63, 3.8) is 0 Å². The van der Waals surface area contributed by atoms with E-state index in [1.54, 1.807) is 30.1 Å². The van der Waals surface area contributed by atoms with Crippen molar-refractivity contribution < 1.29 is 23.4 Å². The Morgan fingerprint density at radius 3 is 2.50 bits per heavy atom. The molecule has 0 atom stereocenters. The SMILES string of the molecule is COc1ccccc1-n1cc(COc2c(-c3ccccc3)oc3cccc(OC(C)=O)c3c2=O)nn1. The number of hydrogen-bond donors (Lipinski definition) is 0.